The first-order valence-electron chi connectivity index (χ1n) is 5.56. The van der Waals surface area contributed by atoms with Gasteiger partial charge in [-0.05, 0) is 18.8 Å². The molecule has 1 atom stereocenters. The maximum absolute atomic E-state index is 11.6. The minimum atomic E-state index is -0.301. The molecule has 1 amide bonds. The molecule has 0 aliphatic rings. The SMILES string of the molecule is CCCC(NC(=O)CC(C)(C)C)C(C)=O. The van der Waals surface area contributed by atoms with Crippen molar-refractivity contribution in [2.45, 2.75) is 59.9 Å². The van der Waals surface area contributed by atoms with Crippen molar-refractivity contribution in [2.24, 2.45) is 5.41 Å². The number of ketones is 1. The number of Topliss-reactive ketones (excluding diaryl/α,β-unsaturated/α-hetero) is 1. The van der Waals surface area contributed by atoms with Crippen LogP contribution in [0.15, 0.2) is 0 Å². The number of hydrogen-bond donors (Lipinski definition) is 1. The average Bonchev–Trinajstić information content (AvgIpc) is 1.99. The van der Waals surface area contributed by atoms with Crippen molar-refractivity contribution in [1.29, 1.82) is 0 Å². The van der Waals surface area contributed by atoms with Crippen LogP contribution < -0.4 is 5.32 Å². The van der Waals surface area contributed by atoms with Crippen LogP contribution in [0.25, 0.3) is 0 Å². The summed E-state index contributed by atoms with van der Waals surface area (Å²) >= 11 is 0. The van der Waals surface area contributed by atoms with Gasteiger partial charge in [-0.15, -0.1) is 0 Å². The third kappa shape index (κ3) is 7.11. The number of hydrogen-bond acceptors (Lipinski definition) is 2. The monoisotopic (exact) mass is 213 g/mol. The van der Waals surface area contributed by atoms with Crippen molar-refractivity contribution in [3.63, 3.8) is 0 Å². The second kappa shape index (κ2) is 5.89. The van der Waals surface area contributed by atoms with Gasteiger partial charge in [0.1, 0.15) is 0 Å². The molecule has 0 aromatic rings. The van der Waals surface area contributed by atoms with E-state index in [9.17, 15) is 9.59 Å². The van der Waals surface area contributed by atoms with Crippen LogP contribution in [0.3, 0.4) is 0 Å². The predicted molar refractivity (Wildman–Crippen MR) is 61.6 cm³/mol. The van der Waals surface area contributed by atoms with E-state index in [1.807, 2.05) is 27.7 Å². The van der Waals surface area contributed by atoms with E-state index in [1.165, 1.54) is 6.92 Å². The lowest BCUT2D eigenvalue weighted by Gasteiger charge is -2.20. The Bertz CT molecular complexity index is 228. The van der Waals surface area contributed by atoms with Gasteiger partial charge in [0, 0.05) is 6.42 Å². The Labute approximate surface area is 92.6 Å². The van der Waals surface area contributed by atoms with Gasteiger partial charge in [-0.1, -0.05) is 34.1 Å². The fourth-order valence-electron chi connectivity index (χ4n) is 1.39. The molecule has 0 fully saturated rings. The third-order valence-corrected chi connectivity index (χ3v) is 2.09. The zero-order valence-electron chi connectivity index (χ0n) is 10.5. The largest absolute Gasteiger partial charge is 0.346 e. The van der Waals surface area contributed by atoms with E-state index in [-0.39, 0.29) is 23.1 Å². The number of rotatable bonds is 5. The molecule has 0 radical (unpaired) electrons. The van der Waals surface area contributed by atoms with E-state index in [4.69, 9.17) is 0 Å². The molecule has 0 rings (SSSR count). The predicted octanol–water partition coefficient (Wildman–Crippen LogP) is 2.30. The Balaban J connectivity index is 4.18. The third-order valence-electron chi connectivity index (χ3n) is 2.09. The molecule has 0 spiro atoms. The van der Waals surface area contributed by atoms with Crippen molar-refractivity contribution < 1.29 is 9.59 Å². The lowest BCUT2D eigenvalue weighted by Crippen LogP contribution is -2.40. The maximum Gasteiger partial charge on any atom is 0.221 e. The number of amides is 1. The molecule has 0 aromatic carbocycles. The number of nitrogens with one attached hydrogen (secondary N) is 1. The Morgan fingerprint density at radius 1 is 1.27 bits per heavy atom. The summed E-state index contributed by atoms with van der Waals surface area (Å²) in [5, 5.41) is 2.79. The van der Waals surface area contributed by atoms with Gasteiger partial charge in [0.05, 0.1) is 6.04 Å². The van der Waals surface area contributed by atoms with E-state index in [2.05, 4.69) is 5.32 Å². The van der Waals surface area contributed by atoms with E-state index in [1.54, 1.807) is 0 Å². The van der Waals surface area contributed by atoms with Crippen LogP contribution in [0.1, 0.15) is 53.9 Å². The summed E-state index contributed by atoms with van der Waals surface area (Å²) in [6.07, 6.45) is 2.09. The van der Waals surface area contributed by atoms with Gasteiger partial charge in [-0.25, -0.2) is 0 Å². The highest BCUT2D eigenvalue weighted by Gasteiger charge is 2.20. The van der Waals surface area contributed by atoms with Gasteiger partial charge < -0.3 is 5.32 Å². The zero-order chi connectivity index (χ0) is 12.1. The summed E-state index contributed by atoms with van der Waals surface area (Å²) < 4.78 is 0. The van der Waals surface area contributed by atoms with E-state index < -0.39 is 0 Å². The molecule has 0 aromatic heterocycles. The highest BCUT2D eigenvalue weighted by atomic mass is 16.2. The summed E-state index contributed by atoms with van der Waals surface area (Å²) in [5.41, 5.74) is -0.0301. The topological polar surface area (TPSA) is 46.2 Å². The van der Waals surface area contributed by atoms with Gasteiger partial charge in [0.25, 0.3) is 0 Å². The fraction of sp³-hybridized carbons (Fsp3) is 0.833. The van der Waals surface area contributed by atoms with Gasteiger partial charge >= 0.3 is 0 Å². The van der Waals surface area contributed by atoms with Gasteiger partial charge in [0.15, 0.2) is 5.78 Å². The maximum atomic E-state index is 11.6. The van der Waals surface area contributed by atoms with E-state index in [0.29, 0.717) is 6.42 Å². The van der Waals surface area contributed by atoms with E-state index in [0.717, 1.165) is 12.8 Å². The Hall–Kier alpha value is -0.860. The lowest BCUT2D eigenvalue weighted by molar-refractivity contribution is -0.128. The lowest BCUT2D eigenvalue weighted by atomic mass is 9.91. The molecule has 88 valence electrons. The van der Waals surface area contributed by atoms with Crippen LogP contribution >= 0.6 is 0 Å². The minimum Gasteiger partial charge on any atom is -0.346 e. The molecule has 3 heteroatoms. The zero-order valence-corrected chi connectivity index (χ0v) is 10.5. The quantitative estimate of drug-likeness (QED) is 0.761. The molecular formula is C12H23NO2. The molecule has 3 nitrogen and oxygen atoms in total. The van der Waals surface area contributed by atoms with Crippen molar-refractivity contribution >= 4 is 11.7 Å². The Morgan fingerprint density at radius 2 is 1.80 bits per heavy atom. The molecule has 1 N–H and O–H groups in total. The van der Waals surface area contributed by atoms with Crippen LogP contribution in [0.4, 0.5) is 0 Å². The van der Waals surface area contributed by atoms with Crippen LogP contribution in [0.2, 0.25) is 0 Å². The van der Waals surface area contributed by atoms with Gasteiger partial charge in [-0.3, -0.25) is 9.59 Å². The molecule has 0 bridgehead atoms. The summed E-state index contributed by atoms with van der Waals surface area (Å²) in [6.45, 7) is 9.56. The molecule has 0 aliphatic carbocycles. The van der Waals surface area contributed by atoms with Crippen molar-refractivity contribution in [2.75, 3.05) is 0 Å². The molecule has 15 heavy (non-hydrogen) atoms. The minimum absolute atomic E-state index is 0.0301. The Kier molecular flexibility index (Phi) is 5.55. The Morgan fingerprint density at radius 3 is 2.13 bits per heavy atom. The second-order valence-corrected chi connectivity index (χ2v) is 5.26. The number of carbonyl (C=O) groups is 2. The molecule has 0 saturated heterocycles. The first-order valence-corrected chi connectivity index (χ1v) is 5.56. The molecule has 1 unspecified atom stereocenters. The fourth-order valence-corrected chi connectivity index (χ4v) is 1.39. The van der Waals surface area contributed by atoms with Crippen molar-refractivity contribution in [3.05, 3.63) is 0 Å². The number of carbonyl (C=O) groups excluding carboxylic acids is 2. The molecule has 0 heterocycles. The standard InChI is InChI=1S/C12H23NO2/c1-6-7-10(9(2)14)13-11(15)8-12(3,4)5/h10H,6-8H2,1-5H3,(H,13,15). The summed E-state index contributed by atoms with van der Waals surface area (Å²) in [6, 6.07) is -0.301. The normalized spacial score (nSPS) is 13.4. The average molecular weight is 213 g/mol. The molecule has 0 saturated carbocycles. The summed E-state index contributed by atoms with van der Waals surface area (Å²) in [7, 11) is 0. The molecular weight excluding hydrogens is 190 g/mol. The summed E-state index contributed by atoms with van der Waals surface area (Å²) in [5.74, 6) is 0.00950. The summed E-state index contributed by atoms with van der Waals surface area (Å²) in [4.78, 5) is 22.8. The van der Waals surface area contributed by atoms with Crippen LogP contribution in [-0.4, -0.2) is 17.7 Å². The van der Waals surface area contributed by atoms with Crippen molar-refractivity contribution in [3.8, 4) is 0 Å². The molecule has 0 aliphatic heterocycles. The van der Waals surface area contributed by atoms with Crippen LogP contribution in [0.5, 0.6) is 0 Å². The highest BCUT2D eigenvalue weighted by Crippen LogP contribution is 2.18. The van der Waals surface area contributed by atoms with Crippen LogP contribution in [-0.2, 0) is 9.59 Å². The highest BCUT2D eigenvalue weighted by molar-refractivity contribution is 5.87. The first-order chi connectivity index (χ1) is 6.76. The first kappa shape index (κ1) is 14.1. The van der Waals surface area contributed by atoms with Crippen LogP contribution in [0, 0.1) is 5.41 Å². The smallest absolute Gasteiger partial charge is 0.221 e. The van der Waals surface area contributed by atoms with E-state index >= 15 is 0 Å². The second-order valence-electron chi connectivity index (χ2n) is 5.26. The van der Waals surface area contributed by atoms with Gasteiger partial charge in [-0.2, -0.15) is 0 Å². The van der Waals surface area contributed by atoms with Gasteiger partial charge in [0.2, 0.25) is 5.91 Å². The van der Waals surface area contributed by atoms with Crippen molar-refractivity contribution in [1.82, 2.24) is 5.32 Å².